The molecule has 0 saturated carbocycles. The number of carbonyl (C=O) groups excluding carboxylic acids is 1. The van der Waals surface area contributed by atoms with Gasteiger partial charge >= 0.3 is 12.4 Å². The van der Waals surface area contributed by atoms with Crippen molar-refractivity contribution in [3.05, 3.63) is 144 Å². The fourth-order valence-electron chi connectivity index (χ4n) is 5.02. The summed E-state index contributed by atoms with van der Waals surface area (Å²) in [5, 5.41) is 2.93. The molecule has 1 N–H and O–H groups in total. The summed E-state index contributed by atoms with van der Waals surface area (Å²) in [6.45, 7) is 0.406. The second-order valence-electron chi connectivity index (χ2n) is 11.2. The fourth-order valence-corrected chi connectivity index (χ4v) is 7.78. The van der Waals surface area contributed by atoms with Crippen molar-refractivity contribution in [3.63, 3.8) is 0 Å². The molecule has 0 aliphatic rings. The molecule has 0 amide bonds. The van der Waals surface area contributed by atoms with E-state index in [0.717, 1.165) is 26.5 Å². The summed E-state index contributed by atoms with van der Waals surface area (Å²) in [7, 11) is -6.95. The number of rotatable bonds is 9. The highest BCUT2D eigenvalue weighted by molar-refractivity contribution is 7.90. The number of benzene rings is 2. The van der Waals surface area contributed by atoms with Gasteiger partial charge in [-0.3, -0.25) is 14.8 Å². The molecule has 0 radical (unpaired) electrons. The molecule has 0 saturated heterocycles. The van der Waals surface area contributed by atoms with Gasteiger partial charge in [0.25, 0.3) is 20.0 Å². The van der Waals surface area contributed by atoms with Gasteiger partial charge in [-0.2, -0.15) is 26.3 Å². The van der Waals surface area contributed by atoms with E-state index in [4.69, 9.17) is 0 Å². The van der Waals surface area contributed by atoms with E-state index in [1.807, 2.05) is 0 Å². The first-order valence-electron chi connectivity index (χ1n) is 15.2. The number of halogens is 7. The Bertz CT molecular complexity index is 2460. The Morgan fingerprint density at radius 2 is 1.07 bits per heavy atom. The van der Waals surface area contributed by atoms with E-state index in [0.29, 0.717) is 59.7 Å². The molecular formula is C35H28ClF6N5O5S2. The van der Waals surface area contributed by atoms with Crippen LogP contribution in [0.5, 0.6) is 0 Å². The van der Waals surface area contributed by atoms with Gasteiger partial charge in [0.05, 0.1) is 22.5 Å². The van der Waals surface area contributed by atoms with Crippen LogP contribution >= 0.6 is 12.4 Å². The molecule has 4 aromatic heterocycles. The molecule has 284 valence electrons. The SMILES string of the molecule is CNCc1cc(-c2ccccc2)n(S(=O)(=O)c2cncc(C(F)(F)F)c2)c1.Cl.O=Cc1cc(-c2ccccc2)n(S(=O)(=O)c2cncc(C(F)(F)F)c2)c1. The van der Waals surface area contributed by atoms with E-state index in [9.17, 15) is 48.0 Å². The second-order valence-corrected chi connectivity index (χ2v) is 14.8. The number of pyridine rings is 2. The first-order valence-corrected chi connectivity index (χ1v) is 18.0. The quantitative estimate of drug-likeness (QED) is 0.117. The number of carbonyl (C=O) groups is 1. The van der Waals surface area contributed by atoms with E-state index < -0.39 is 53.3 Å². The van der Waals surface area contributed by atoms with E-state index >= 15 is 0 Å². The molecule has 0 spiro atoms. The van der Waals surface area contributed by atoms with E-state index in [2.05, 4.69) is 15.3 Å². The van der Waals surface area contributed by atoms with Gasteiger partial charge in [-0.25, -0.2) is 24.8 Å². The smallest absolute Gasteiger partial charge is 0.316 e. The molecule has 4 heterocycles. The molecule has 54 heavy (non-hydrogen) atoms. The van der Waals surface area contributed by atoms with Crippen LogP contribution < -0.4 is 5.32 Å². The molecule has 0 fully saturated rings. The third kappa shape index (κ3) is 9.07. The van der Waals surface area contributed by atoms with Gasteiger partial charge in [-0.1, -0.05) is 60.7 Å². The Balaban J connectivity index is 0.000000236. The van der Waals surface area contributed by atoms with Crippen LogP contribution in [0.15, 0.2) is 132 Å². The van der Waals surface area contributed by atoms with Gasteiger partial charge in [-0.15, -0.1) is 12.4 Å². The molecule has 0 unspecified atom stereocenters. The Kier molecular flexibility index (Phi) is 12.6. The van der Waals surface area contributed by atoms with Crippen molar-refractivity contribution in [1.82, 2.24) is 23.2 Å². The Morgan fingerprint density at radius 1 is 0.648 bits per heavy atom. The molecule has 2 aromatic carbocycles. The van der Waals surface area contributed by atoms with Crippen molar-refractivity contribution in [2.75, 3.05) is 7.05 Å². The zero-order valence-corrected chi connectivity index (χ0v) is 30.1. The lowest BCUT2D eigenvalue weighted by Gasteiger charge is -2.12. The van der Waals surface area contributed by atoms with Crippen molar-refractivity contribution < 1.29 is 48.0 Å². The van der Waals surface area contributed by atoms with Gasteiger partial charge in [0.1, 0.15) is 9.79 Å². The van der Waals surface area contributed by atoms with Gasteiger partial charge in [0, 0.05) is 49.3 Å². The predicted octanol–water partition coefficient (Wildman–Crippen LogP) is 7.57. The van der Waals surface area contributed by atoms with Crippen LogP contribution in [0, 0.1) is 0 Å². The summed E-state index contributed by atoms with van der Waals surface area (Å²) >= 11 is 0. The Hall–Kier alpha value is -5.30. The van der Waals surface area contributed by atoms with E-state index in [1.165, 1.54) is 12.3 Å². The molecule has 6 rings (SSSR count). The average Bonchev–Trinajstić information content (AvgIpc) is 3.79. The predicted molar refractivity (Wildman–Crippen MR) is 189 cm³/mol. The molecule has 0 bridgehead atoms. The van der Waals surface area contributed by atoms with Crippen molar-refractivity contribution in [1.29, 1.82) is 0 Å². The van der Waals surface area contributed by atoms with Crippen LogP contribution in [0.4, 0.5) is 26.3 Å². The minimum Gasteiger partial charge on any atom is -0.316 e. The van der Waals surface area contributed by atoms with Gasteiger partial charge in [-0.05, 0) is 48.0 Å². The molecule has 19 heteroatoms. The van der Waals surface area contributed by atoms with Crippen LogP contribution in [0.1, 0.15) is 27.0 Å². The lowest BCUT2D eigenvalue weighted by Crippen LogP contribution is -2.15. The van der Waals surface area contributed by atoms with Gasteiger partial charge in [0.15, 0.2) is 6.29 Å². The number of nitrogens with zero attached hydrogens (tertiary/aromatic N) is 4. The molecular weight excluding hydrogens is 784 g/mol. The molecule has 10 nitrogen and oxygen atoms in total. The third-order valence-corrected chi connectivity index (χ3v) is 10.8. The number of hydrogen-bond donors (Lipinski definition) is 1. The summed E-state index contributed by atoms with van der Waals surface area (Å²) in [5.41, 5.74) is 0.0955. The summed E-state index contributed by atoms with van der Waals surface area (Å²) in [6, 6.07) is 21.2. The topological polar surface area (TPSA) is 133 Å². The number of aromatic nitrogens is 4. The molecule has 0 atom stereocenters. The standard InChI is InChI=1S/C18H16F3N3O2S.C17H11F3N2O3S.ClH/c1-22-9-13-7-17(14-5-3-2-4-6-14)24(12-13)27(25,26)16-8-15(10-23-11-16)18(19,20)21;18-17(19,20)14-7-15(9-21-8-14)26(24,25)22-10-12(11-23)6-16(22)13-4-2-1-3-5-13;/h2-8,10-12,22H,9H2,1H3;1-11H;1H. The number of alkyl halides is 6. The third-order valence-electron chi connectivity index (χ3n) is 7.50. The second kappa shape index (κ2) is 16.4. The maximum absolute atomic E-state index is 13.1. The van der Waals surface area contributed by atoms with Gasteiger partial charge in [0.2, 0.25) is 0 Å². The Morgan fingerprint density at radius 3 is 1.48 bits per heavy atom. The lowest BCUT2D eigenvalue weighted by atomic mass is 10.1. The fraction of sp³-hybridized carbons (Fsp3) is 0.114. The molecule has 0 aliphatic carbocycles. The van der Waals surface area contributed by atoms with Crippen LogP contribution in [0.2, 0.25) is 0 Å². The average molecular weight is 812 g/mol. The number of nitrogens with one attached hydrogen (secondary N) is 1. The highest BCUT2D eigenvalue weighted by atomic mass is 35.5. The largest absolute Gasteiger partial charge is 0.417 e. The van der Waals surface area contributed by atoms with Crippen LogP contribution in [0.3, 0.4) is 0 Å². The minimum absolute atomic E-state index is 0. The molecule has 6 aromatic rings. The lowest BCUT2D eigenvalue weighted by molar-refractivity contribution is -0.138. The highest BCUT2D eigenvalue weighted by Crippen LogP contribution is 2.33. The zero-order valence-electron chi connectivity index (χ0n) is 27.7. The van der Waals surface area contributed by atoms with Crippen molar-refractivity contribution in [3.8, 4) is 22.5 Å². The summed E-state index contributed by atoms with van der Waals surface area (Å²) in [5.74, 6) is 0. The van der Waals surface area contributed by atoms with Crippen LogP contribution in [-0.2, 0) is 38.9 Å². The van der Waals surface area contributed by atoms with Gasteiger partial charge < -0.3 is 5.32 Å². The normalized spacial score (nSPS) is 12.0. The molecule has 0 aliphatic heterocycles. The van der Waals surface area contributed by atoms with Crippen molar-refractivity contribution in [2.45, 2.75) is 28.7 Å². The van der Waals surface area contributed by atoms with E-state index in [1.54, 1.807) is 73.8 Å². The maximum Gasteiger partial charge on any atom is 0.417 e. The zero-order chi connectivity index (χ0) is 38.6. The van der Waals surface area contributed by atoms with E-state index in [-0.39, 0.29) is 23.7 Å². The first-order chi connectivity index (χ1) is 25.0. The minimum atomic E-state index is -4.73. The first kappa shape index (κ1) is 41.5. The van der Waals surface area contributed by atoms with Crippen molar-refractivity contribution in [2.24, 2.45) is 0 Å². The number of hydrogen-bond acceptors (Lipinski definition) is 8. The monoisotopic (exact) mass is 811 g/mol. The summed E-state index contributed by atoms with van der Waals surface area (Å²) in [6.07, 6.45) is -3.61. The summed E-state index contributed by atoms with van der Waals surface area (Å²) in [4.78, 5) is 16.8. The van der Waals surface area contributed by atoms with Crippen LogP contribution in [-0.4, -0.2) is 48.1 Å². The summed E-state index contributed by atoms with van der Waals surface area (Å²) < 4.78 is 131. The highest BCUT2D eigenvalue weighted by Gasteiger charge is 2.34. The Labute approximate surface area is 311 Å². The van der Waals surface area contributed by atoms with Crippen LogP contribution in [0.25, 0.3) is 22.5 Å². The number of aldehydes is 1. The van der Waals surface area contributed by atoms with Crippen molar-refractivity contribution >= 4 is 38.7 Å². The maximum atomic E-state index is 13.1.